The zero-order chi connectivity index (χ0) is 12.2. The highest BCUT2D eigenvalue weighted by Gasteiger charge is 2.27. The summed E-state index contributed by atoms with van der Waals surface area (Å²) in [6, 6.07) is 0.261. The van der Waals surface area contributed by atoms with E-state index in [0.717, 1.165) is 19.3 Å². The highest BCUT2D eigenvalue weighted by atomic mass is 16.5. The molecule has 0 aromatic heterocycles. The van der Waals surface area contributed by atoms with Gasteiger partial charge in [0.2, 0.25) is 5.91 Å². The topological polar surface area (TPSA) is 64.3 Å². The van der Waals surface area contributed by atoms with Crippen LogP contribution in [0.25, 0.3) is 0 Å². The number of amides is 1. The van der Waals surface area contributed by atoms with E-state index in [1.165, 1.54) is 0 Å². The van der Waals surface area contributed by atoms with Crippen LogP contribution < -0.4 is 11.1 Å². The van der Waals surface area contributed by atoms with Crippen molar-refractivity contribution in [3.63, 3.8) is 0 Å². The number of carbonyl (C=O) groups is 1. The summed E-state index contributed by atoms with van der Waals surface area (Å²) in [5, 5.41) is 3.24. The Balaban J connectivity index is 2.23. The lowest BCUT2D eigenvalue weighted by Gasteiger charge is -2.24. The number of ether oxygens (including phenoxy) is 1. The molecule has 0 spiro atoms. The van der Waals surface area contributed by atoms with E-state index in [4.69, 9.17) is 10.5 Å². The number of primary amides is 1. The molecular weight excluding hydrogens is 204 g/mol. The molecule has 4 heteroatoms. The van der Waals surface area contributed by atoms with Gasteiger partial charge in [-0.1, -0.05) is 6.92 Å². The van der Waals surface area contributed by atoms with Gasteiger partial charge < -0.3 is 15.8 Å². The summed E-state index contributed by atoms with van der Waals surface area (Å²) in [6.45, 7) is 6.78. The summed E-state index contributed by atoms with van der Waals surface area (Å²) in [5.74, 6) is -0.273. The summed E-state index contributed by atoms with van der Waals surface area (Å²) in [6.07, 6.45) is 3.94. The quantitative estimate of drug-likeness (QED) is 0.656. The normalized spacial score (nSPS) is 18.4. The van der Waals surface area contributed by atoms with E-state index in [1.807, 2.05) is 0 Å². The molecule has 3 N–H and O–H groups in total. The van der Waals surface area contributed by atoms with E-state index in [-0.39, 0.29) is 17.6 Å². The Labute approximate surface area is 97.9 Å². The molecule has 1 amide bonds. The summed E-state index contributed by atoms with van der Waals surface area (Å²) < 4.78 is 5.71. The van der Waals surface area contributed by atoms with Crippen LogP contribution in [0.4, 0.5) is 0 Å². The van der Waals surface area contributed by atoms with Crippen molar-refractivity contribution in [3.8, 4) is 0 Å². The first-order valence-corrected chi connectivity index (χ1v) is 6.14. The number of nitrogens with two attached hydrogens (primary N) is 1. The number of nitrogens with one attached hydrogen (secondary N) is 1. The largest absolute Gasteiger partial charge is 0.376 e. The number of hydrogen-bond acceptors (Lipinski definition) is 3. The van der Waals surface area contributed by atoms with Crippen molar-refractivity contribution < 1.29 is 9.53 Å². The van der Waals surface area contributed by atoms with Gasteiger partial charge in [0.1, 0.15) is 0 Å². The lowest BCUT2D eigenvalue weighted by molar-refractivity contribution is -0.121. The molecule has 0 aliphatic heterocycles. The maximum atomic E-state index is 11.2. The summed E-state index contributed by atoms with van der Waals surface area (Å²) >= 11 is 0. The van der Waals surface area contributed by atoms with Crippen molar-refractivity contribution in [1.82, 2.24) is 5.32 Å². The van der Waals surface area contributed by atoms with Crippen molar-refractivity contribution in [2.75, 3.05) is 6.61 Å². The van der Waals surface area contributed by atoms with Gasteiger partial charge in [0.25, 0.3) is 0 Å². The van der Waals surface area contributed by atoms with E-state index in [0.29, 0.717) is 19.1 Å². The molecule has 4 nitrogen and oxygen atoms in total. The van der Waals surface area contributed by atoms with Crippen molar-refractivity contribution in [3.05, 3.63) is 0 Å². The zero-order valence-corrected chi connectivity index (χ0v) is 10.6. The molecule has 94 valence electrons. The molecule has 1 atom stereocenters. The van der Waals surface area contributed by atoms with Crippen LogP contribution in [0.3, 0.4) is 0 Å². The first-order chi connectivity index (χ1) is 7.44. The van der Waals surface area contributed by atoms with Gasteiger partial charge in [-0.05, 0) is 39.5 Å². The van der Waals surface area contributed by atoms with Gasteiger partial charge in [-0.2, -0.15) is 0 Å². The fourth-order valence-electron chi connectivity index (χ4n) is 1.40. The standard InChI is InChI=1S/C12H24N2O2/c1-4-12(2,3)16-8-7-10(11(13)15)14-9-5-6-9/h9-10,14H,4-8H2,1-3H3,(H2,13,15). The first-order valence-electron chi connectivity index (χ1n) is 6.14. The van der Waals surface area contributed by atoms with Gasteiger partial charge >= 0.3 is 0 Å². The maximum absolute atomic E-state index is 11.2. The molecule has 1 aliphatic carbocycles. The van der Waals surface area contributed by atoms with Gasteiger partial charge in [-0.3, -0.25) is 4.79 Å². The number of hydrogen-bond donors (Lipinski definition) is 2. The third-order valence-electron chi connectivity index (χ3n) is 3.11. The molecule has 1 fully saturated rings. The predicted molar refractivity (Wildman–Crippen MR) is 64.1 cm³/mol. The number of carbonyl (C=O) groups excluding carboxylic acids is 1. The predicted octanol–water partition coefficient (Wildman–Crippen LogP) is 1.19. The number of rotatable bonds is 8. The third kappa shape index (κ3) is 4.94. The fraction of sp³-hybridized carbons (Fsp3) is 0.917. The zero-order valence-electron chi connectivity index (χ0n) is 10.6. The van der Waals surface area contributed by atoms with Crippen LogP contribution in [0.2, 0.25) is 0 Å². The van der Waals surface area contributed by atoms with Crippen molar-refractivity contribution >= 4 is 5.91 Å². The van der Waals surface area contributed by atoms with Crippen LogP contribution in [0.15, 0.2) is 0 Å². The molecule has 0 saturated heterocycles. The molecule has 1 rings (SSSR count). The molecule has 1 aliphatic rings. The van der Waals surface area contributed by atoms with E-state index in [1.54, 1.807) is 0 Å². The van der Waals surface area contributed by atoms with Gasteiger partial charge in [0.15, 0.2) is 0 Å². The van der Waals surface area contributed by atoms with E-state index < -0.39 is 0 Å². The second kappa shape index (κ2) is 5.64. The molecule has 1 saturated carbocycles. The molecule has 0 heterocycles. The Morgan fingerprint density at radius 1 is 1.56 bits per heavy atom. The summed E-state index contributed by atoms with van der Waals surface area (Å²) in [7, 11) is 0. The fourth-order valence-corrected chi connectivity index (χ4v) is 1.40. The maximum Gasteiger partial charge on any atom is 0.234 e. The minimum absolute atomic E-state index is 0.109. The van der Waals surface area contributed by atoms with Crippen LogP contribution in [0.5, 0.6) is 0 Å². The SMILES string of the molecule is CCC(C)(C)OCCC(NC1CC1)C(N)=O. The molecule has 0 bridgehead atoms. The van der Waals surface area contributed by atoms with Gasteiger partial charge in [0, 0.05) is 12.6 Å². The molecule has 1 unspecified atom stereocenters. The monoisotopic (exact) mass is 228 g/mol. The second-order valence-corrected chi connectivity index (χ2v) is 5.15. The lowest BCUT2D eigenvalue weighted by atomic mass is 10.1. The van der Waals surface area contributed by atoms with E-state index in [9.17, 15) is 4.79 Å². The third-order valence-corrected chi connectivity index (χ3v) is 3.11. The van der Waals surface area contributed by atoms with Crippen LogP contribution in [-0.2, 0) is 9.53 Å². The molecule has 0 radical (unpaired) electrons. The van der Waals surface area contributed by atoms with Gasteiger partial charge in [-0.15, -0.1) is 0 Å². The smallest absolute Gasteiger partial charge is 0.234 e. The van der Waals surface area contributed by atoms with Crippen molar-refractivity contribution in [2.45, 2.75) is 64.1 Å². The Hall–Kier alpha value is -0.610. The average molecular weight is 228 g/mol. The average Bonchev–Trinajstić information content (AvgIpc) is 3.00. The van der Waals surface area contributed by atoms with E-state index in [2.05, 4.69) is 26.1 Å². The van der Waals surface area contributed by atoms with Crippen molar-refractivity contribution in [2.24, 2.45) is 5.73 Å². The van der Waals surface area contributed by atoms with E-state index >= 15 is 0 Å². The van der Waals surface area contributed by atoms with Crippen molar-refractivity contribution in [1.29, 1.82) is 0 Å². The minimum Gasteiger partial charge on any atom is -0.376 e. The van der Waals surface area contributed by atoms with Crippen LogP contribution >= 0.6 is 0 Å². The minimum atomic E-state index is -0.273. The Morgan fingerprint density at radius 2 is 2.19 bits per heavy atom. The molecule has 0 aromatic carbocycles. The highest BCUT2D eigenvalue weighted by Crippen LogP contribution is 2.20. The summed E-state index contributed by atoms with van der Waals surface area (Å²) in [4.78, 5) is 11.2. The Bertz CT molecular complexity index is 237. The highest BCUT2D eigenvalue weighted by molar-refractivity contribution is 5.79. The summed E-state index contributed by atoms with van der Waals surface area (Å²) in [5.41, 5.74) is 5.23. The Morgan fingerprint density at radius 3 is 2.62 bits per heavy atom. The molecular formula is C12H24N2O2. The lowest BCUT2D eigenvalue weighted by Crippen LogP contribution is -2.43. The van der Waals surface area contributed by atoms with Crippen LogP contribution in [0.1, 0.15) is 46.5 Å². The van der Waals surface area contributed by atoms with Crippen LogP contribution in [0, 0.1) is 0 Å². The van der Waals surface area contributed by atoms with Gasteiger partial charge in [-0.25, -0.2) is 0 Å². The molecule has 0 aromatic rings. The van der Waals surface area contributed by atoms with Gasteiger partial charge in [0.05, 0.1) is 11.6 Å². The molecule has 16 heavy (non-hydrogen) atoms. The first kappa shape index (κ1) is 13.5. The van der Waals surface area contributed by atoms with Crippen LogP contribution in [-0.4, -0.2) is 30.2 Å². The second-order valence-electron chi connectivity index (χ2n) is 5.15. The Kier molecular flexibility index (Phi) is 4.74.